The molecule has 1 amide bonds. The molecule has 0 radical (unpaired) electrons. The van der Waals surface area contributed by atoms with Crippen LogP contribution in [0.5, 0.6) is 0 Å². The van der Waals surface area contributed by atoms with Crippen molar-refractivity contribution in [3.05, 3.63) is 29.8 Å². The SMILES string of the molecule is CCN(CCNC(=O)c1cccc(S(=O)(=O)NC[C@H]2CCCO2)c1)C1CC1. The van der Waals surface area contributed by atoms with Crippen LogP contribution in [0.25, 0.3) is 0 Å². The van der Waals surface area contributed by atoms with Crippen LogP contribution >= 0.6 is 0 Å². The first-order valence-corrected chi connectivity index (χ1v) is 11.2. The number of ether oxygens (including phenoxy) is 1. The van der Waals surface area contributed by atoms with E-state index in [-0.39, 0.29) is 23.5 Å². The summed E-state index contributed by atoms with van der Waals surface area (Å²) in [5.41, 5.74) is 0.351. The third-order valence-electron chi connectivity index (χ3n) is 5.09. The average molecular weight is 396 g/mol. The molecule has 1 saturated heterocycles. The molecule has 1 aromatic carbocycles. The van der Waals surface area contributed by atoms with Crippen LogP contribution in [0.4, 0.5) is 0 Å². The van der Waals surface area contributed by atoms with Crippen molar-refractivity contribution in [2.75, 3.05) is 32.8 Å². The number of carbonyl (C=O) groups excluding carboxylic acids is 1. The Morgan fingerprint density at radius 1 is 1.30 bits per heavy atom. The minimum Gasteiger partial charge on any atom is -0.377 e. The second-order valence-electron chi connectivity index (χ2n) is 7.13. The van der Waals surface area contributed by atoms with Gasteiger partial charge in [0.1, 0.15) is 0 Å². The van der Waals surface area contributed by atoms with Gasteiger partial charge in [0.15, 0.2) is 0 Å². The largest absolute Gasteiger partial charge is 0.377 e. The lowest BCUT2D eigenvalue weighted by atomic mass is 10.2. The Hall–Kier alpha value is -1.48. The summed E-state index contributed by atoms with van der Waals surface area (Å²) in [6, 6.07) is 6.81. The molecule has 2 aliphatic rings. The van der Waals surface area contributed by atoms with E-state index in [0.717, 1.165) is 25.9 Å². The highest BCUT2D eigenvalue weighted by atomic mass is 32.2. The van der Waals surface area contributed by atoms with Gasteiger partial charge in [-0.1, -0.05) is 13.0 Å². The summed E-state index contributed by atoms with van der Waals surface area (Å²) < 4.78 is 33.0. The van der Waals surface area contributed by atoms with Gasteiger partial charge in [-0.05, 0) is 50.4 Å². The number of likely N-dealkylation sites (N-methyl/N-ethyl adjacent to an activating group) is 1. The first-order chi connectivity index (χ1) is 13.0. The Balaban J connectivity index is 1.54. The summed E-state index contributed by atoms with van der Waals surface area (Å²) >= 11 is 0. The number of nitrogens with zero attached hydrogens (tertiary/aromatic N) is 1. The van der Waals surface area contributed by atoms with Gasteiger partial charge >= 0.3 is 0 Å². The van der Waals surface area contributed by atoms with Crippen molar-refractivity contribution < 1.29 is 17.9 Å². The van der Waals surface area contributed by atoms with E-state index in [4.69, 9.17) is 4.74 Å². The summed E-state index contributed by atoms with van der Waals surface area (Å²) in [6.45, 7) is 5.40. The summed E-state index contributed by atoms with van der Waals surface area (Å²) in [5.74, 6) is -0.252. The smallest absolute Gasteiger partial charge is 0.251 e. The molecule has 2 fully saturated rings. The van der Waals surface area contributed by atoms with Crippen LogP contribution in [0.15, 0.2) is 29.2 Å². The number of carbonyl (C=O) groups is 1. The predicted molar refractivity (Wildman–Crippen MR) is 103 cm³/mol. The molecule has 1 aliphatic heterocycles. The Bertz CT molecular complexity index is 743. The molecule has 2 N–H and O–H groups in total. The van der Waals surface area contributed by atoms with Gasteiger partial charge in [0.05, 0.1) is 11.0 Å². The van der Waals surface area contributed by atoms with Gasteiger partial charge in [-0.3, -0.25) is 9.69 Å². The van der Waals surface area contributed by atoms with Crippen LogP contribution in [0.1, 0.15) is 43.0 Å². The number of rotatable bonds is 10. The third kappa shape index (κ3) is 5.75. The van der Waals surface area contributed by atoms with Crippen LogP contribution in [0.2, 0.25) is 0 Å². The lowest BCUT2D eigenvalue weighted by Crippen LogP contribution is -2.36. The van der Waals surface area contributed by atoms with Gasteiger partial charge in [0.25, 0.3) is 5.91 Å². The van der Waals surface area contributed by atoms with Crippen LogP contribution in [-0.2, 0) is 14.8 Å². The monoisotopic (exact) mass is 395 g/mol. The van der Waals surface area contributed by atoms with Gasteiger partial charge in [-0.2, -0.15) is 0 Å². The maximum absolute atomic E-state index is 12.5. The maximum Gasteiger partial charge on any atom is 0.251 e. The summed E-state index contributed by atoms with van der Waals surface area (Å²) in [4.78, 5) is 14.8. The Morgan fingerprint density at radius 3 is 2.78 bits per heavy atom. The molecule has 3 rings (SSSR count). The van der Waals surface area contributed by atoms with Crippen molar-refractivity contribution in [1.29, 1.82) is 0 Å². The van der Waals surface area contributed by atoms with E-state index in [0.29, 0.717) is 24.8 Å². The Kier molecular flexibility index (Phi) is 6.86. The highest BCUT2D eigenvalue weighted by Gasteiger charge is 2.27. The number of amides is 1. The molecule has 1 heterocycles. The molecule has 150 valence electrons. The minimum atomic E-state index is -3.66. The first-order valence-electron chi connectivity index (χ1n) is 9.73. The average Bonchev–Trinajstić information content (AvgIpc) is 3.38. The van der Waals surface area contributed by atoms with Gasteiger partial charge in [-0.25, -0.2) is 13.1 Å². The highest BCUT2D eigenvalue weighted by Crippen LogP contribution is 2.25. The molecule has 0 aromatic heterocycles. The zero-order chi connectivity index (χ0) is 19.3. The highest BCUT2D eigenvalue weighted by molar-refractivity contribution is 7.89. The number of hydrogen-bond acceptors (Lipinski definition) is 5. The van der Waals surface area contributed by atoms with E-state index in [1.807, 2.05) is 0 Å². The van der Waals surface area contributed by atoms with Crippen molar-refractivity contribution in [3.8, 4) is 0 Å². The second kappa shape index (κ2) is 9.14. The molecular formula is C19H29N3O4S. The zero-order valence-electron chi connectivity index (χ0n) is 15.8. The van der Waals surface area contributed by atoms with E-state index in [1.165, 1.54) is 25.0 Å². The van der Waals surface area contributed by atoms with Gasteiger partial charge in [-0.15, -0.1) is 0 Å². The van der Waals surface area contributed by atoms with Crippen LogP contribution in [0, 0.1) is 0 Å². The molecule has 27 heavy (non-hydrogen) atoms. The quantitative estimate of drug-likeness (QED) is 0.625. The number of benzene rings is 1. The van der Waals surface area contributed by atoms with Crippen molar-refractivity contribution in [1.82, 2.24) is 14.9 Å². The van der Waals surface area contributed by atoms with Gasteiger partial charge in [0, 0.05) is 37.8 Å². The molecule has 1 aliphatic carbocycles. The Labute approximate surface area is 161 Å². The zero-order valence-corrected chi connectivity index (χ0v) is 16.6. The van der Waals surface area contributed by atoms with Crippen LogP contribution in [-0.4, -0.2) is 64.2 Å². The number of hydrogen-bond donors (Lipinski definition) is 2. The predicted octanol–water partition coefficient (Wildman–Crippen LogP) is 1.36. The minimum absolute atomic E-state index is 0.0702. The van der Waals surface area contributed by atoms with Crippen LogP contribution < -0.4 is 10.0 Å². The molecule has 1 aromatic rings. The summed E-state index contributed by atoms with van der Waals surface area (Å²) in [6.07, 6.45) is 4.22. The molecule has 0 unspecified atom stereocenters. The maximum atomic E-state index is 12.5. The number of sulfonamides is 1. The standard InChI is InChI=1S/C19H29N3O4S/c1-2-22(16-8-9-16)11-10-20-19(23)15-5-3-7-18(13-15)27(24,25)21-14-17-6-4-12-26-17/h3,5,7,13,16-17,21H,2,4,6,8-12,14H2,1H3,(H,20,23)/t17-/m1/s1. The summed E-state index contributed by atoms with van der Waals surface area (Å²) in [7, 11) is -3.66. The molecule has 1 saturated carbocycles. The van der Waals surface area contributed by atoms with Gasteiger partial charge in [0.2, 0.25) is 10.0 Å². The van der Waals surface area contributed by atoms with Crippen molar-refractivity contribution in [2.45, 2.75) is 49.6 Å². The molecule has 8 heteroatoms. The normalized spacial score (nSPS) is 20.1. The second-order valence-corrected chi connectivity index (χ2v) is 8.90. The van der Waals surface area contributed by atoms with E-state index in [1.54, 1.807) is 12.1 Å². The van der Waals surface area contributed by atoms with E-state index in [9.17, 15) is 13.2 Å². The van der Waals surface area contributed by atoms with Crippen LogP contribution in [0.3, 0.4) is 0 Å². The van der Waals surface area contributed by atoms with Gasteiger partial charge < -0.3 is 10.1 Å². The fourth-order valence-corrected chi connectivity index (χ4v) is 4.46. The molecule has 0 bridgehead atoms. The molecule has 1 atom stereocenters. The third-order valence-corrected chi connectivity index (χ3v) is 6.51. The lowest BCUT2D eigenvalue weighted by molar-refractivity contribution is 0.0947. The fraction of sp³-hybridized carbons (Fsp3) is 0.632. The van der Waals surface area contributed by atoms with Crippen molar-refractivity contribution >= 4 is 15.9 Å². The topological polar surface area (TPSA) is 87.7 Å². The van der Waals surface area contributed by atoms with E-state index < -0.39 is 10.0 Å². The number of nitrogens with one attached hydrogen (secondary N) is 2. The first kappa shape index (κ1) is 20.3. The Morgan fingerprint density at radius 2 is 2.11 bits per heavy atom. The molecular weight excluding hydrogens is 366 g/mol. The van der Waals surface area contributed by atoms with Crippen molar-refractivity contribution in [2.24, 2.45) is 0 Å². The van der Waals surface area contributed by atoms with E-state index in [2.05, 4.69) is 21.9 Å². The van der Waals surface area contributed by atoms with Crippen molar-refractivity contribution in [3.63, 3.8) is 0 Å². The fourth-order valence-electron chi connectivity index (χ4n) is 3.35. The lowest BCUT2D eigenvalue weighted by Gasteiger charge is -2.19. The molecule has 7 nitrogen and oxygen atoms in total. The van der Waals surface area contributed by atoms with E-state index >= 15 is 0 Å². The molecule has 0 spiro atoms. The summed E-state index contributed by atoms with van der Waals surface area (Å²) in [5, 5.41) is 2.89.